The summed E-state index contributed by atoms with van der Waals surface area (Å²) in [5.74, 6) is 0.392. The summed E-state index contributed by atoms with van der Waals surface area (Å²) in [6, 6.07) is 8.17. The maximum Gasteiger partial charge on any atom is 0.256 e. The summed E-state index contributed by atoms with van der Waals surface area (Å²) in [5.41, 5.74) is 10.6. The highest BCUT2D eigenvalue weighted by atomic mass is 32.2. The number of aromatic nitrogens is 2. The molecule has 1 unspecified atom stereocenters. The fourth-order valence-corrected chi connectivity index (χ4v) is 4.52. The molecule has 24 heavy (non-hydrogen) atoms. The molecule has 4 rings (SSSR count). The zero-order chi connectivity index (χ0) is 16.7. The van der Waals surface area contributed by atoms with Gasteiger partial charge >= 0.3 is 0 Å². The van der Waals surface area contributed by atoms with Crippen LogP contribution in [0.4, 0.5) is 11.5 Å². The van der Waals surface area contributed by atoms with Crippen LogP contribution in [0.3, 0.4) is 0 Å². The van der Waals surface area contributed by atoms with Gasteiger partial charge in [-0.3, -0.25) is 4.79 Å². The van der Waals surface area contributed by atoms with E-state index in [1.54, 1.807) is 11.9 Å². The molecular weight excluding hydrogens is 320 g/mol. The molecule has 0 saturated carbocycles. The number of hydrogen-bond acceptors (Lipinski definition) is 5. The summed E-state index contributed by atoms with van der Waals surface area (Å²) < 4.78 is 3.72. The quantitative estimate of drug-likeness (QED) is 0.849. The molecule has 126 valence electrons. The molecule has 1 atom stereocenters. The molecule has 0 bridgehead atoms. The minimum Gasteiger partial charge on any atom is -0.383 e. The molecule has 5 nitrogen and oxygen atoms in total. The Morgan fingerprint density at radius 3 is 2.88 bits per heavy atom. The lowest BCUT2D eigenvalue weighted by Crippen LogP contribution is -2.32. The van der Waals surface area contributed by atoms with Gasteiger partial charge in [-0.2, -0.15) is 9.78 Å². The van der Waals surface area contributed by atoms with Crippen LogP contribution in [0.25, 0.3) is 0 Å². The number of nitrogens with two attached hydrogens (primary N) is 1. The summed E-state index contributed by atoms with van der Waals surface area (Å²) in [7, 11) is 0. The molecule has 6 heteroatoms. The average Bonchev–Trinajstić information content (AvgIpc) is 2.97. The van der Waals surface area contributed by atoms with Crippen molar-refractivity contribution in [3.63, 3.8) is 0 Å². The van der Waals surface area contributed by atoms with Crippen LogP contribution in [0.2, 0.25) is 0 Å². The zero-order valence-electron chi connectivity index (χ0n) is 13.9. The van der Waals surface area contributed by atoms with E-state index in [-0.39, 0.29) is 11.8 Å². The Labute approximate surface area is 146 Å². The van der Waals surface area contributed by atoms with E-state index in [1.165, 1.54) is 4.68 Å². The molecular formula is C18H22N4OS. The third kappa shape index (κ3) is 2.40. The van der Waals surface area contributed by atoms with E-state index in [2.05, 4.69) is 27.8 Å². The Bertz CT molecular complexity index is 785. The smallest absolute Gasteiger partial charge is 0.256 e. The van der Waals surface area contributed by atoms with Crippen LogP contribution < -0.4 is 10.0 Å². The topological polar surface area (TPSA) is 64.2 Å². The molecule has 0 spiro atoms. The molecule has 0 amide bonds. The number of fused-ring (bicyclic) bond motifs is 2. The number of hydrogen-bond donors (Lipinski definition) is 1. The summed E-state index contributed by atoms with van der Waals surface area (Å²) in [6.45, 7) is 0.857. The molecule has 1 aliphatic heterocycles. The SMILES string of the molecule is CSN1CCC(C(=O)n2nc3c(c2N)CCCC3)c2ccccc21. The minimum atomic E-state index is -0.173. The number of anilines is 2. The van der Waals surface area contributed by atoms with Gasteiger partial charge in [-0.25, -0.2) is 0 Å². The molecule has 1 aromatic heterocycles. The molecule has 2 N–H and O–H groups in total. The minimum absolute atomic E-state index is 0.00935. The maximum atomic E-state index is 13.2. The number of benzene rings is 1. The van der Waals surface area contributed by atoms with Crippen molar-refractivity contribution in [2.75, 3.05) is 22.8 Å². The number of nitrogen functional groups attached to an aromatic ring is 1. The van der Waals surface area contributed by atoms with Gasteiger partial charge in [-0.15, -0.1) is 0 Å². The van der Waals surface area contributed by atoms with E-state index in [0.29, 0.717) is 5.82 Å². The lowest BCUT2D eigenvalue weighted by atomic mass is 9.90. The van der Waals surface area contributed by atoms with Crippen molar-refractivity contribution in [3.05, 3.63) is 41.1 Å². The molecule has 1 aliphatic carbocycles. The van der Waals surface area contributed by atoms with Crippen molar-refractivity contribution in [1.29, 1.82) is 0 Å². The average molecular weight is 342 g/mol. The fourth-order valence-electron chi connectivity index (χ4n) is 3.87. The number of para-hydroxylation sites is 1. The van der Waals surface area contributed by atoms with Crippen LogP contribution in [0.1, 0.15) is 46.8 Å². The van der Waals surface area contributed by atoms with E-state index in [4.69, 9.17) is 5.73 Å². The number of carbonyl (C=O) groups is 1. The Morgan fingerprint density at radius 1 is 1.29 bits per heavy atom. The third-order valence-electron chi connectivity index (χ3n) is 5.13. The highest BCUT2D eigenvalue weighted by Crippen LogP contribution is 2.39. The van der Waals surface area contributed by atoms with Crippen LogP contribution >= 0.6 is 11.9 Å². The van der Waals surface area contributed by atoms with E-state index in [0.717, 1.165) is 61.2 Å². The molecule has 2 aromatic rings. The van der Waals surface area contributed by atoms with Gasteiger partial charge in [0.15, 0.2) is 0 Å². The first kappa shape index (κ1) is 15.6. The second-order valence-electron chi connectivity index (χ2n) is 6.45. The Kier molecular flexibility index (Phi) is 4.00. The predicted molar refractivity (Wildman–Crippen MR) is 98.6 cm³/mol. The number of nitrogens with zero attached hydrogens (tertiary/aromatic N) is 3. The molecule has 0 saturated heterocycles. The van der Waals surface area contributed by atoms with Crippen LogP contribution in [-0.2, 0) is 12.8 Å². The van der Waals surface area contributed by atoms with Gasteiger partial charge < -0.3 is 10.0 Å². The van der Waals surface area contributed by atoms with Gasteiger partial charge in [-0.1, -0.05) is 30.1 Å². The van der Waals surface area contributed by atoms with E-state index in [9.17, 15) is 4.79 Å². The summed E-state index contributed by atoms with van der Waals surface area (Å²) >= 11 is 1.70. The normalized spacial score (nSPS) is 19.7. The van der Waals surface area contributed by atoms with E-state index in [1.807, 2.05) is 12.1 Å². The van der Waals surface area contributed by atoms with Crippen molar-refractivity contribution in [3.8, 4) is 0 Å². The fraction of sp³-hybridized carbons (Fsp3) is 0.444. The van der Waals surface area contributed by atoms with E-state index >= 15 is 0 Å². The maximum absolute atomic E-state index is 13.2. The van der Waals surface area contributed by atoms with Crippen molar-refractivity contribution in [2.24, 2.45) is 0 Å². The summed E-state index contributed by atoms with van der Waals surface area (Å²) in [5, 5.41) is 4.56. The van der Waals surface area contributed by atoms with Gasteiger partial charge in [-0.05, 0) is 43.7 Å². The monoisotopic (exact) mass is 342 g/mol. The van der Waals surface area contributed by atoms with Gasteiger partial charge in [0.1, 0.15) is 5.82 Å². The Balaban J connectivity index is 1.72. The number of rotatable bonds is 2. The molecule has 0 fully saturated rings. The first-order valence-electron chi connectivity index (χ1n) is 8.51. The Morgan fingerprint density at radius 2 is 2.08 bits per heavy atom. The zero-order valence-corrected chi connectivity index (χ0v) is 14.7. The predicted octanol–water partition coefficient (Wildman–Crippen LogP) is 3.26. The first-order valence-corrected chi connectivity index (χ1v) is 9.70. The Hall–Kier alpha value is -1.95. The first-order chi connectivity index (χ1) is 11.7. The third-order valence-corrected chi connectivity index (χ3v) is 5.95. The van der Waals surface area contributed by atoms with Crippen LogP contribution in [0.5, 0.6) is 0 Å². The van der Waals surface area contributed by atoms with Crippen LogP contribution in [0, 0.1) is 0 Å². The largest absolute Gasteiger partial charge is 0.383 e. The highest BCUT2D eigenvalue weighted by Gasteiger charge is 2.33. The van der Waals surface area contributed by atoms with E-state index < -0.39 is 0 Å². The molecule has 2 heterocycles. The standard InChI is InChI=1S/C18H22N4OS/c1-24-21-11-10-13(12-6-3-5-9-16(12)21)18(23)22-17(19)14-7-2-4-8-15(14)20-22/h3,5-6,9,13H,2,4,7-8,10-11,19H2,1H3. The van der Waals surface area contributed by atoms with Crippen molar-refractivity contribution >= 4 is 29.4 Å². The van der Waals surface area contributed by atoms with Crippen molar-refractivity contribution < 1.29 is 4.79 Å². The lowest BCUT2D eigenvalue weighted by Gasteiger charge is -2.33. The van der Waals surface area contributed by atoms with Gasteiger partial charge in [0.25, 0.3) is 5.91 Å². The molecule has 1 aromatic carbocycles. The second kappa shape index (κ2) is 6.16. The van der Waals surface area contributed by atoms with Gasteiger partial charge in [0.05, 0.1) is 17.3 Å². The van der Waals surface area contributed by atoms with Crippen LogP contribution in [-0.4, -0.2) is 28.5 Å². The van der Waals surface area contributed by atoms with Gasteiger partial charge in [0.2, 0.25) is 0 Å². The van der Waals surface area contributed by atoms with Crippen molar-refractivity contribution in [1.82, 2.24) is 9.78 Å². The number of carbonyl (C=O) groups excluding carboxylic acids is 1. The molecule has 0 radical (unpaired) electrons. The summed E-state index contributed by atoms with van der Waals surface area (Å²) in [6.07, 6.45) is 7.00. The van der Waals surface area contributed by atoms with Gasteiger partial charge in [0, 0.05) is 18.4 Å². The van der Waals surface area contributed by atoms with Crippen molar-refractivity contribution in [2.45, 2.75) is 38.0 Å². The summed E-state index contributed by atoms with van der Waals surface area (Å²) in [4.78, 5) is 13.2. The number of aryl methyl sites for hydroxylation is 1. The molecule has 2 aliphatic rings. The highest BCUT2D eigenvalue weighted by molar-refractivity contribution is 7.99. The van der Waals surface area contributed by atoms with Crippen LogP contribution in [0.15, 0.2) is 24.3 Å². The second-order valence-corrected chi connectivity index (χ2v) is 7.26. The lowest BCUT2D eigenvalue weighted by molar-refractivity contribution is 0.0858.